The van der Waals surface area contributed by atoms with Crippen molar-refractivity contribution < 1.29 is 17.6 Å². The lowest BCUT2D eigenvalue weighted by Gasteiger charge is -2.42. The Balaban J connectivity index is 1.90. The summed E-state index contributed by atoms with van der Waals surface area (Å²) in [4.78, 5) is 4.04. The van der Waals surface area contributed by atoms with E-state index in [0.717, 1.165) is 25.7 Å². The number of piperidine rings is 1. The Labute approximate surface area is 114 Å². The predicted molar refractivity (Wildman–Crippen MR) is 66.3 cm³/mol. The molecule has 6 heteroatoms. The first-order valence-electron chi connectivity index (χ1n) is 7.03. The van der Waals surface area contributed by atoms with Gasteiger partial charge in [-0.05, 0) is 24.7 Å². The molecule has 1 aromatic rings. The van der Waals surface area contributed by atoms with Gasteiger partial charge in [-0.2, -0.15) is 22.5 Å². The second kappa shape index (κ2) is 5.22. The molecule has 110 valence electrons. The van der Waals surface area contributed by atoms with Crippen LogP contribution in [0.1, 0.15) is 32.1 Å². The zero-order chi connectivity index (χ0) is 14.3. The van der Waals surface area contributed by atoms with Crippen LogP contribution in [0.3, 0.4) is 0 Å². The fourth-order valence-corrected chi connectivity index (χ4v) is 3.56. The number of aromatic nitrogens is 1. The van der Waals surface area contributed by atoms with Crippen LogP contribution in [-0.4, -0.2) is 18.1 Å². The molecule has 1 aromatic heterocycles. The Bertz CT molecular complexity index is 494. The first kappa shape index (κ1) is 13.6. The third-order valence-corrected chi connectivity index (χ3v) is 4.58. The van der Waals surface area contributed by atoms with Crippen molar-refractivity contribution in [1.82, 2.24) is 4.98 Å². The van der Waals surface area contributed by atoms with E-state index in [-0.39, 0.29) is 0 Å². The van der Waals surface area contributed by atoms with Crippen LogP contribution >= 0.6 is 0 Å². The lowest BCUT2D eigenvalue weighted by molar-refractivity contribution is 0.201. The number of halogens is 4. The second-order valence-corrected chi connectivity index (χ2v) is 5.71. The maximum Gasteiger partial charge on any atom is 0.253 e. The molecular weight excluding hydrogens is 272 g/mol. The van der Waals surface area contributed by atoms with Gasteiger partial charge in [-0.15, -0.1) is 0 Å². The number of hydrogen-bond donors (Lipinski definition) is 0. The molecule has 1 saturated carbocycles. The molecule has 0 bridgehead atoms. The minimum absolute atomic E-state index is 0.357. The molecule has 1 aliphatic heterocycles. The highest BCUT2D eigenvalue weighted by molar-refractivity contribution is 5.49. The SMILES string of the molecule is Fc1nc(F)c(F)c(N2CCC3CCCCC3C2)c1F. The van der Waals surface area contributed by atoms with Crippen molar-refractivity contribution in [3.05, 3.63) is 23.5 Å². The monoisotopic (exact) mass is 288 g/mol. The van der Waals surface area contributed by atoms with Crippen LogP contribution in [0.4, 0.5) is 23.2 Å². The second-order valence-electron chi connectivity index (χ2n) is 5.71. The van der Waals surface area contributed by atoms with E-state index in [1.165, 1.54) is 11.3 Å². The quantitative estimate of drug-likeness (QED) is 0.579. The molecule has 2 aliphatic rings. The van der Waals surface area contributed by atoms with E-state index >= 15 is 0 Å². The lowest BCUT2D eigenvalue weighted by atomic mass is 9.75. The topological polar surface area (TPSA) is 16.1 Å². The highest BCUT2D eigenvalue weighted by Crippen LogP contribution is 2.39. The van der Waals surface area contributed by atoms with Gasteiger partial charge < -0.3 is 4.90 Å². The molecular formula is C14H16F4N2. The fourth-order valence-electron chi connectivity index (χ4n) is 3.56. The van der Waals surface area contributed by atoms with Gasteiger partial charge >= 0.3 is 0 Å². The van der Waals surface area contributed by atoms with Crippen LogP contribution in [-0.2, 0) is 0 Å². The molecule has 0 aromatic carbocycles. The number of hydrogen-bond acceptors (Lipinski definition) is 2. The Hall–Kier alpha value is -1.33. The van der Waals surface area contributed by atoms with E-state index in [1.807, 2.05) is 0 Å². The minimum Gasteiger partial charge on any atom is -0.366 e. The minimum atomic E-state index is -1.58. The zero-order valence-electron chi connectivity index (χ0n) is 11.0. The molecule has 3 rings (SSSR count). The molecule has 20 heavy (non-hydrogen) atoms. The van der Waals surface area contributed by atoms with Crippen molar-refractivity contribution in [2.75, 3.05) is 18.0 Å². The molecule has 0 spiro atoms. The number of anilines is 1. The van der Waals surface area contributed by atoms with E-state index in [1.54, 1.807) is 0 Å². The van der Waals surface area contributed by atoms with Crippen LogP contribution < -0.4 is 4.90 Å². The predicted octanol–water partition coefficient (Wildman–Crippen LogP) is 3.65. The fraction of sp³-hybridized carbons (Fsp3) is 0.643. The van der Waals surface area contributed by atoms with Crippen LogP contribution in [0.15, 0.2) is 0 Å². The molecule has 2 fully saturated rings. The summed E-state index contributed by atoms with van der Waals surface area (Å²) in [6, 6.07) is 0. The van der Waals surface area contributed by atoms with Gasteiger partial charge in [-0.3, -0.25) is 0 Å². The molecule has 2 unspecified atom stereocenters. The van der Waals surface area contributed by atoms with Crippen LogP contribution in [0.2, 0.25) is 0 Å². The van der Waals surface area contributed by atoms with Crippen molar-refractivity contribution in [2.45, 2.75) is 32.1 Å². The average Bonchev–Trinajstić information content (AvgIpc) is 2.45. The van der Waals surface area contributed by atoms with Crippen molar-refractivity contribution in [1.29, 1.82) is 0 Å². The van der Waals surface area contributed by atoms with Gasteiger partial charge in [0, 0.05) is 13.1 Å². The number of pyridine rings is 1. The normalized spacial score (nSPS) is 26.5. The standard InChI is InChI=1S/C14H16F4N2/c15-10-12(11(16)14(18)19-13(10)17)20-6-5-8-3-1-2-4-9(8)7-20/h8-9H,1-7H2. The van der Waals surface area contributed by atoms with Crippen LogP contribution in [0.5, 0.6) is 0 Å². The Morgan fingerprint density at radius 3 is 2.10 bits per heavy atom. The van der Waals surface area contributed by atoms with Gasteiger partial charge in [-0.25, -0.2) is 0 Å². The molecule has 0 amide bonds. The molecule has 2 nitrogen and oxygen atoms in total. The summed E-state index contributed by atoms with van der Waals surface area (Å²) in [5.41, 5.74) is -0.598. The molecule has 0 N–H and O–H groups in total. The number of fused-ring (bicyclic) bond motifs is 1. The van der Waals surface area contributed by atoms with Gasteiger partial charge in [0.25, 0.3) is 11.9 Å². The summed E-state index contributed by atoms with van der Waals surface area (Å²) >= 11 is 0. The molecule has 1 aliphatic carbocycles. The average molecular weight is 288 g/mol. The van der Waals surface area contributed by atoms with Gasteiger partial charge in [-0.1, -0.05) is 19.3 Å². The summed E-state index contributed by atoms with van der Waals surface area (Å²) in [5, 5.41) is 0. The Morgan fingerprint density at radius 2 is 1.45 bits per heavy atom. The Morgan fingerprint density at radius 1 is 0.850 bits per heavy atom. The largest absolute Gasteiger partial charge is 0.366 e. The summed E-state index contributed by atoms with van der Waals surface area (Å²) < 4.78 is 53.9. The van der Waals surface area contributed by atoms with Gasteiger partial charge in [0.15, 0.2) is 0 Å². The molecule has 0 radical (unpaired) electrons. The highest BCUT2D eigenvalue weighted by Gasteiger charge is 2.34. The molecule has 2 heterocycles. The maximum absolute atomic E-state index is 13.8. The van der Waals surface area contributed by atoms with Crippen molar-refractivity contribution in [3.8, 4) is 0 Å². The summed E-state index contributed by atoms with van der Waals surface area (Å²) in [5.74, 6) is -5.01. The van der Waals surface area contributed by atoms with Crippen molar-refractivity contribution in [2.24, 2.45) is 11.8 Å². The third-order valence-electron chi connectivity index (χ3n) is 4.58. The molecule has 2 atom stereocenters. The van der Waals surface area contributed by atoms with E-state index in [0.29, 0.717) is 24.9 Å². The Kier molecular flexibility index (Phi) is 3.56. The van der Waals surface area contributed by atoms with Crippen LogP contribution in [0, 0.1) is 35.4 Å². The van der Waals surface area contributed by atoms with Gasteiger partial charge in [0.2, 0.25) is 11.6 Å². The first-order valence-corrected chi connectivity index (χ1v) is 7.03. The lowest BCUT2D eigenvalue weighted by Crippen LogP contribution is -2.42. The maximum atomic E-state index is 13.8. The molecule has 1 saturated heterocycles. The third kappa shape index (κ3) is 2.25. The van der Waals surface area contributed by atoms with E-state index in [2.05, 4.69) is 4.98 Å². The summed E-state index contributed by atoms with van der Waals surface area (Å²) in [7, 11) is 0. The number of rotatable bonds is 1. The van der Waals surface area contributed by atoms with Crippen LogP contribution in [0.25, 0.3) is 0 Å². The zero-order valence-corrected chi connectivity index (χ0v) is 11.0. The van der Waals surface area contributed by atoms with E-state index in [4.69, 9.17) is 0 Å². The van der Waals surface area contributed by atoms with Crippen molar-refractivity contribution in [3.63, 3.8) is 0 Å². The van der Waals surface area contributed by atoms with Gasteiger partial charge in [0.05, 0.1) is 0 Å². The van der Waals surface area contributed by atoms with E-state index < -0.39 is 29.2 Å². The smallest absolute Gasteiger partial charge is 0.253 e. The van der Waals surface area contributed by atoms with Crippen molar-refractivity contribution >= 4 is 5.69 Å². The number of nitrogens with zero attached hydrogens (tertiary/aromatic N) is 2. The van der Waals surface area contributed by atoms with Gasteiger partial charge in [0.1, 0.15) is 5.69 Å². The summed E-state index contributed by atoms with van der Waals surface area (Å²) in [6.45, 7) is 0.888. The first-order chi connectivity index (χ1) is 9.58. The van der Waals surface area contributed by atoms with E-state index in [9.17, 15) is 17.6 Å². The highest BCUT2D eigenvalue weighted by atomic mass is 19.2. The summed E-state index contributed by atoms with van der Waals surface area (Å²) in [6.07, 6.45) is 5.28.